The van der Waals surface area contributed by atoms with Crippen LogP contribution in [0.3, 0.4) is 0 Å². The zero-order valence-corrected chi connectivity index (χ0v) is 7.66. The molecule has 0 bridgehead atoms. The molecule has 0 saturated heterocycles. The van der Waals surface area contributed by atoms with Crippen LogP contribution in [0.15, 0.2) is 30.3 Å². The van der Waals surface area contributed by atoms with Gasteiger partial charge in [-0.25, -0.2) is 0 Å². The van der Waals surface area contributed by atoms with E-state index in [4.69, 9.17) is 5.73 Å². The maximum absolute atomic E-state index is 11.0. The van der Waals surface area contributed by atoms with Crippen LogP contribution in [0.2, 0.25) is 0 Å². The lowest BCUT2D eigenvalue weighted by Crippen LogP contribution is -2.24. The molecule has 3 heteroatoms. The van der Waals surface area contributed by atoms with Gasteiger partial charge in [-0.15, -0.1) is 0 Å². The molecule has 0 aliphatic heterocycles. The molecule has 0 radical (unpaired) electrons. The molecule has 0 saturated carbocycles. The van der Waals surface area contributed by atoms with Crippen molar-refractivity contribution in [1.29, 1.82) is 0 Å². The number of hydrogen-bond acceptors (Lipinski definition) is 2. The Morgan fingerprint density at radius 1 is 1.46 bits per heavy atom. The van der Waals surface area contributed by atoms with Crippen molar-refractivity contribution in [2.24, 2.45) is 5.73 Å². The molecule has 70 valence electrons. The lowest BCUT2D eigenvalue weighted by atomic mass is 10.0. The normalized spacial score (nSPS) is 12.2. The van der Waals surface area contributed by atoms with E-state index >= 15 is 0 Å². The first kappa shape index (κ1) is 9.74. The van der Waals surface area contributed by atoms with Gasteiger partial charge in [0.25, 0.3) is 0 Å². The molecule has 13 heavy (non-hydrogen) atoms. The number of carbonyl (C=O) groups excluding carboxylic acids is 1. The van der Waals surface area contributed by atoms with Gasteiger partial charge in [-0.05, 0) is 5.56 Å². The van der Waals surface area contributed by atoms with Crippen molar-refractivity contribution in [3.63, 3.8) is 0 Å². The van der Waals surface area contributed by atoms with E-state index in [0.717, 1.165) is 5.56 Å². The second-order valence-electron chi connectivity index (χ2n) is 2.89. The lowest BCUT2D eigenvalue weighted by Gasteiger charge is -2.10. The maximum Gasteiger partial charge on any atom is 0.221 e. The van der Waals surface area contributed by atoms with Gasteiger partial charge >= 0.3 is 0 Å². The Labute approximate surface area is 77.9 Å². The molecular weight excluding hydrogens is 164 g/mol. The summed E-state index contributed by atoms with van der Waals surface area (Å²) in [5.41, 5.74) is 6.80. The van der Waals surface area contributed by atoms with E-state index in [1.807, 2.05) is 30.3 Å². The quantitative estimate of drug-likeness (QED) is 0.720. The van der Waals surface area contributed by atoms with Crippen LogP contribution in [-0.4, -0.2) is 13.0 Å². The molecule has 0 aliphatic carbocycles. The second-order valence-corrected chi connectivity index (χ2v) is 2.89. The van der Waals surface area contributed by atoms with Gasteiger partial charge in [0.15, 0.2) is 0 Å². The molecule has 0 aromatic heterocycles. The molecule has 1 aromatic carbocycles. The van der Waals surface area contributed by atoms with E-state index in [1.165, 1.54) is 0 Å². The average Bonchev–Trinajstić information content (AvgIpc) is 2.19. The fraction of sp³-hybridized carbons (Fsp3) is 0.300. The fourth-order valence-corrected chi connectivity index (χ4v) is 1.12. The van der Waals surface area contributed by atoms with Crippen molar-refractivity contribution in [2.75, 3.05) is 7.05 Å². The predicted octanol–water partition coefficient (Wildman–Crippen LogP) is 0.822. The molecule has 3 nitrogen and oxygen atoms in total. The van der Waals surface area contributed by atoms with Gasteiger partial charge in [-0.2, -0.15) is 0 Å². The zero-order chi connectivity index (χ0) is 9.68. The molecule has 1 atom stereocenters. The van der Waals surface area contributed by atoms with Crippen molar-refractivity contribution >= 4 is 5.91 Å². The molecule has 1 aromatic rings. The van der Waals surface area contributed by atoms with Crippen LogP contribution < -0.4 is 11.1 Å². The highest BCUT2D eigenvalue weighted by Crippen LogP contribution is 2.12. The van der Waals surface area contributed by atoms with Crippen LogP contribution in [0.1, 0.15) is 18.0 Å². The summed E-state index contributed by atoms with van der Waals surface area (Å²) < 4.78 is 0. The SMILES string of the molecule is CNC(=O)C[C@H](N)c1ccccc1. The van der Waals surface area contributed by atoms with Crippen molar-refractivity contribution in [1.82, 2.24) is 5.32 Å². The Morgan fingerprint density at radius 3 is 2.62 bits per heavy atom. The Kier molecular flexibility index (Phi) is 3.46. The standard InChI is InChI=1S/C10H14N2O/c1-12-10(13)7-9(11)8-5-3-2-4-6-8/h2-6,9H,7,11H2,1H3,(H,12,13)/t9-/m0/s1. The first-order valence-electron chi connectivity index (χ1n) is 4.25. The summed E-state index contributed by atoms with van der Waals surface area (Å²) in [6.07, 6.45) is 0.334. The Bertz CT molecular complexity index is 272. The lowest BCUT2D eigenvalue weighted by molar-refractivity contribution is -0.120. The number of nitrogens with two attached hydrogens (primary N) is 1. The Balaban J connectivity index is 2.59. The number of hydrogen-bond donors (Lipinski definition) is 2. The first-order chi connectivity index (χ1) is 6.24. The minimum absolute atomic E-state index is 0.0312. The summed E-state index contributed by atoms with van der Waals surface area (Å²) in [6.45, 7) is 0. The minimum Gasteiger partial charge on any atom is -0.359 e. The molecule has 1 rings (SSSR count). The number of nitrogens with one attached hydrogen (secondary N) is 1. The largest absolute Gasteiger partial charge is 0.359 e. The van der Waals surface area contributed by atoms with Gasteiger partial charge in [0, 0.05) is 19.5 Å². The van der Waals surface area contributed by atoms with Gasteiger partial charge in [0.05, 0.1) is 0 Å². The van der Waals surface area contributed by atoms with E-state index < -0.39 is 0 Å². The van der Waals surface area contributed by atoms with Crippen molar-refractivity contribution in [3.8, 4) is 0 Å². The average molecular weight is 178 g/mol. The molecular formula is C10H14N2O. The number of amides is 1. The molecule has 0 spiro atoms. The van der Waals surface area contributed by atoms with E-state index in [-0.39, 0.29) is 11.9 Å². The zero-order valence-electron chi connectivity index (χ0n) is 7.66. The smallest absolute Gasteiger partial charge is 0.221 e. The summed E-state index contributed by atoms with van der Waals surface area (Å²) in [5, 5.41) is 2.55. The van der Waals surface area contributed by atoms with Crippen LogP contribution in [0.25, 0.3) is 0 Å². The van der Waals surface area contributed by atoms with Gasteiger partial charge in [0.1, 0.15) is 0 Å². The summed E-state index contributed by atoms with van der Waals surface area (Å²) in [4.78, 5) is 11.0. The first-order valence-corrected chi connectivity index (χ1v) is 4.25. The number of carbonyl (C=O) groups is 1. The highest BCUT2D eigenvalue weighted by Gasteiger charge is 2.09. The van der Waals surface area contributed by atoms with Crippen LogP contribution in [0.5, 0.6) is 0 Å². The third-order valence-corrected chi connectivity index (χ3v) is 1.91. The highest BCUT2D eigenvalue weighted by molar-refractivity contribution is 5.76. The number of rotatable bonds is 3. The molecule has 3 N–H and O–H groups in total. The summed E-state index contributed by atoms with van der Waals surface area (Å²) in [6, 6.07) is 9.40. The van der Waals surface area contributed by atoms with Crippen LogP contribution >= 0.6 is 0 Å². The summed E-state index contributed by atoms with van der Waals surface area (Å²) in [5.74, 6) is -0.0312. The Hall–Kier alpha value is -1.35. The highest BCUT2D eigenvalue weighted by atomic mass is 16.1. The minimum atomic E-state index is -0.207. The predicted molar refractivity (Wildman–Crippen MR) is 52.1 cm³/mol. The molecule has 0 heterocycles. The monoisotopic (exact) mass is 178 g/mol. The summed E-state index contributed by atoms with van der Waals surface area (Å²) in [7, 11) is 1.61. The van der Waals surface area contributed by atoms with E-state index in [9.17, 15) is 4.79 Å². The topological polar surface area (TPSA) is 55.1 Å². The Morgan fingerprint density at radius 2 is 2.08 bits per heavy atom. The third kappa shape index (κ3) is 2.87. The van der Waals surface area contributed by atoms with Gasteiger partial charge in [-0.1, -0.05) is 30.3 Å². The third-order valence-electron chi connectivity index (χ3n) is 1.91. The number of benzene rings is 1. The van der Waals surface area contributed by atoms with Gasteiger partial charge in [0.2, 0.25) is 5.91 Å². The molecule has 1 amide bonds. The van der Waals surface area contributed by atoms with Gasteiger partial charge in [-0.3, -0.25) is 4.79 Å². The fourth-order valence-electron chi connectivity index (χ4n) is 1.12. The summed E-state index contributed by atoms with van der Waals surface area (Å²) >= 11 is 0. The van der Waals surface area contributed by atoms with E-state index in [1.54, 1.807) is 7.05 Å². The van der Waals surface area contributed by atoms with Crippen LogP contribution in [-0.2, 0) is 4.79 Å². The molecule has 0 aliphatic rings. The second kappa shape index (κ2) is 4.62. The van der Waals surface area contributed by atoms with Crippen molar-refractivity contribution < 1.29 is 4.79 Å². The van der Waals surface area contributed by atoms with E-state index in [0.29, 0.717) is 6.42 Å². The van der Waals surface area contributed by atoms with Crippen molar-refractivity contribution in [3.05, 3.63) is 35.9 Å². The van der Waals surface area contributed by atoms with Crippen LogP contribution in [0.4, 0.5) is 0 Å². The molecule has 0 fully saturated rings. The van der Waals surface area contributed by atoms with Crippen LogP contribution in [0, 0.1) is 0 Å². The maximum atomic E-state index is 11.0. The van der Waals surface area contributed by atoms with Gasteiger partial charge < -0.3 is 11.1 Å². The van der Waals surface area contributed by atoms with E-state index in [2.05, 4.69) is 5.32 Å². The molecule has 0 unspecified atom stereocenters. The van der Waals surface area contributed by atoms with Crippen molar-refractivity contribution in [2.45, 2.75) is 12.5 Å².